The van der Waals surface area contributed by atoms with Crippen LogP contribution in [-0.4, -0.2) is 100 Å². The van der Waals surface area contributed by atoms with Crippen LogP contribution in [-0.2, 0) is 52.8 Å². The number of hydroxylamine groups is 2. The predicted octanol–water partition coefficient (Wildman–Crippen LogP) is 6.27. The molecule has 3 aromatic carbocycles. The molecule has 0 unspecified atom stereocenters. The second-order valence-electron chi connectivity index (χ2n) is 16.8. The van der Waals surface area contributed by atoms with Crippen LogP contribution in [0.15, 0.2) is 84.9 Å². The summed E-state index contributed by atoms with van der Waals surface area (Å²) in [5.74, 6) is -2.03. The number of likely N-dealkylation sites (N-methyl/N-ethyl adjacent to an activating group) is 1. The maximum atomic E-state index is 15.5. The van der Waals surface area contributed by atoms with Crippen molar-refractivity contribution >= 4 is 23.9 Å². The summed E-state index contributed by atoms with van der Waals surface area (Å²) in [6.07, 6.45) is 9.22. The van der Waals surface area contributed by atoms with E-state index in [9.17, 15) is 19.8 Å². The Balaban J connectivity index is 1.21. The summed E-state index contributed by atoms with van der Waals surface area (Å²) in [4.78, 5) is 52.2. The maximum absolute atomic E-state index is 15.5. The van der Waals surface area contributed by atoms with Gasteiger partial charge in [0.1, 0.15) is 41.6 Å². The minimum absolute atomic E-state index is 0.0338. The van der Waals surface area contributed by atoms with Crippen molar-refractivity contribution in [2.75, 3.05) is 20.2 Å². The number of esters is 1. The van der Waals surface area contributed by atoms with Gasteiger partial charge < -0.3 is 34.6 Å². The van der Waals surface area contributed by atoms with Crippen LogP contribution >= 0.6 is 0 Å². The van der Waals surface area contributed by atoms with Crippen LogP contribution in [0.1, 0.15) is 93.9 Å². The van der Waals surface area contributed by atoms with Crippen LogP contribution in [0.2, 0.25) is 0 Å². The topological polar surface area (TPSA) is 147 Å². The molecular weight excluding hydrogens is 763 g/mol. The van der Waals surface area contributed by atoms with Gasteiger partial charge >= 0.3 is 5.97 Å². The van der Waals surface area contributed by atoms with E-state index in [1.54, 1.807) is 24.2 Å². The number of amides is 2. The second kappa shape index (κ2) is 19.4. The summed E-state index contributed by atoms with van der Waals surface area (Å²) in [6, 6.07) is 22.6. The van der Waals surface area contributed by atoms with Crippen LogP contribution in [0.25, 0.3) is 6.08 Å². The number of fused-ring (bicyclic) bond motifs is 4. The number of phenolic OH excluding ortho intramolecular Hbond substituents is 1. The number of aromatic hydroxyl groups is 1. The standard InChI is InChI=1S/C48H61N3O9/c1-4-6-13-26-47(27-14-7-5-2)58-40-39-31-48(46(56)50(3)37(44(54)49-28-29-52)30-34-16-9-8-10-17-34)42(45(55)57-39)51(60-43(48)41(40)59-47)32-35-24-22-33(23-25-35)18-15-20-36-19-11-12-21-38(36)53/h8-12,15-19,21-25,37,39-43,52-53H,4-7,13-14,20,26-32H2,1-3H3,(H,49,54)/t37-,39-,40+,41+,42-,43-,48-/m1/s1. The number of rotatable bonds is 20. The Labute approximate surface area is 353 Å². The molecule has 3 heterocycles. The number of benzene rings is 3. The number of para-hydroxylation sites is 1. The molecule has 7 atom stereocenters. The molecule has 12 nitrogen and oxygen atoms in total. The third-order valence-electron chi connectivity index (χ3n) is 12.7. The molecule has 0 aromatic heterocycles. The van der Waals surface area contributed by atoms with Crippen molar-refractivity contribution in [1.82, 2.24) is 15.3 Å². The number of phenols is 1. The molecule has 0 radical (unpaired) electrons. The first-order valence-electron chi connectivity index (χ1n) is 21.8. The Bertz CT molecular complexity index is 1950. The average Bonchev–Trinajstić information content (AvgIpc) is 3.81. The SMILES string of the molecule is CCCCCC1(CCCCC)O[C@@H]2[C@H](O1)[C@H]1ON(Cc3ccc(C=CCc4ccccc4O)cc3)[C@@H]3C(=O)O[C@@H]2C[C@]13C(=O)N(C)[C@H](Cc1ccccc1)C(=O)NCCO. The van der Waals surface area contributed by atoms with Crippen LogP contribution in [0.5, 0.6) is 5.75 Å². The summed E-state index contributed by atoms with van der Waals surface area (Å²) in [5, 5.41) is 24.1. The van der Waals surface area contributed by atoms with Gasteiger partial charge in [0, 0.05) is 39.3 Å². The molecule has 4 fully saturated rings. The Morgan fingerprint density at radius 3 is 2.28 bits per heavy atom. The predicted molar refractivity (Wildman–Crippen MR) is 226 cm³/mol. The average molecular weight is 824 g/mol. The second-order valence-corrected chi connectivity index (χ2v) is 16.8. The van der Waals surface area contributed by atoms with Gasteiger partial charge in [0.15, 0.2) is 11.8 Å². The Morgan fingerprint density at radius 1 is 0.917 bits per heavy atom. The van der Waals surface area contributed by atoms with Gasteiger partial charge in [0.25, 0.3) is 0 Å². The third kappa shape index (κ3) is 9.04. The van der Waals surface area contributed by atoms with E-state index in [0.717, 1.165) is 60.8 Å². The van der Waals surface area contributed by atoms with Gasteiger partial charge in [-0.1, -0.05) is 124 Å². The fourth-order valence-electron chi connectivity index (χ4n) is 9.61. The van der Waals surface area contributed by atoms with Gasteiger partial charge in [0.2, 0.25) is 11.8 Å². The number of allylic oxidation sites excluding steroid dienone is 1. The van der Waals surface area contributed by atoms with E-state index in [0.29, 0.717) is 19.3 Å². The molecule has 322 valence electrons. The van der Waals surface area contributed by atoms with Crippen molar-refractivity contribution in [3.8, 4) is 5.75 Å². The molecule has 2 bridgehead atoms. The summed E-state index contributed by atoms with van der Waals surface area (Å²) >= 11 is 0. The molecule has 3 aliphatic heterocycles. The van der Waals surface area contributed by atoms with Crippen LogP contribution < -0.4 is 5.32 Å². The van der Waals surface area contributed by atoms with Crippen molar-refractivity contribution in [2.45, 2.75) is 133 Å². The molecule has 3 aromatic rings. The van der Waals surface area contributed by atoms with Crippen LogP contribution in [0.4, 0.5) is 0 Å². The lowest BCUT2D eigenvalue weighted by molar-refractivity contribution is -0.225. The fraction of sp³-hybridized carbons (Fsp3) is 0.521. The molecule has 60 heavy (non-hydrogen) atoms. The van der Waals surface area contributed by atoms with Gasteiger partial charge in [-0.2, -0.15) is 5.06 Å². The molecule has 4 aliphatic rings. The number of hydrogen-bond donors (Lipinski definition) is 3. The highest BCUT2D eigenvalue weighted by Crippen LogP contribution is 2.58. The summed E-state index contributed by atoms with van der Waals surface area (Å²) in [6.45, 7) is 4.29. The largest absolute Gasteiger partial charge is 0.508 e. The van der Waals surface area contributed by atoms with Crippen molar-refractivity contribution in [1.29, 1.82) is 0 Å². The molecule has 1 aliphatic carbocycles. The lowest BCUT2D eigenvalue weighted by Gasteiger charge is -2.50. The number of hydrogen-bond acceptors (Lipinski definition) is 10. The number of unbranched alkanes of at least 4 members (excludes halogenated alkanes) is 4. The summed E-state index contributed by atoms with van der Waals surface area (Å²) in [7, 11) is 1.62. The molecule has 0 spiro atoms. The van der Waals surface area contributed by atoms with E-state index in [4.69, 9.17) is 19.0 Å². The molecule has 2 amide bonds. The monoisotopic (exact) mass is 823 g/mol. The van der Waals surface area contributed by atoms with Gasteiger partial charge in [0.05, 0.1) is 13.2 Å². The van der Waals surface area contributed by atoms with Gasteiger partial charge in [-0.3, -0.25) is 19.2 Å². The first-order valence-corrected chi connectivity index (χ1v) is 21.8. The normalized spacial score (nSPS) is 25.8. The third-order valence-corrected chi connectivity index (χ3v) is 12.7. The molecule has 12 heteroatoms. The Hall–Kier alpha value is -4.59. The maximum Gasteiger partial charge on any atom is 0.327 e. The first-order chi connectivity index (χ1) is 29.1. The van der Waals surface area contributed by atoms with Crippen molar-refractivity contribution in [3.05, 3.63) is 107 Å². The highest BCUT2D eigenvalue weighted by Gasteiger charge is 2.76. The quantitative estimate of drug-likeness (QED) is 0.0881. The first kappa shape index (κ1) is 43.5. The van der Waals surface area contributed by atoms with E-state index in [2.05, 4.69) is 19.2 Å². The number of nitrogens with zero attached hydrogens (tertiary/aromatic N) is 2. The number of aliphatic hydroxyl groups excluding tert-OH is 1. The minimum Gasteiger partial charge on any atom is -0.508 e. The molecule has 3 N–H and O–H groups in total. The Kier molecular flexibility index (Phi) is 14.1. The highest BCUT2D eigenvalue weighted by molar-refractivity contribution is 5.96. The number of ether oxygens (including phenoxy) is 3. The van der Waals surface area contributed by atoms with E-state index in [1.165, 1.54) is 4.90 Å². The van der Waals surface area contributed by atoms with Crippen molar-refractivity contribution in [2.24, 2.45) is 5.41 Å². The van der Waals surface area contributed by atoms with E-state index in [1.807, 2.05) is 78.9 Å². The molecule has 7 rings (SSSR count). The zero-order chi connectivity index (χ0) is 42.3. The molecular formula is C48H61N3O9. The number of carbonyl (C=O) groups excluding carboxylic acids is 3. The fourth-order valence-corrected chi connectivity index (χ4v) is 9.61. The van der Waals surface area contributed by atoms with Crippen LogP contribution in [0.3, 0.4) is 0 Å². The molecule has 3 saturated heterocycles. The van der Waals surface area contributed by atoms with E-state index >= 15 is 4.79 Å². The van der Waals surface area contributed by atoms with Gasteiger partial charge in [-0.25, -0.2) is 0 Å². The van der Waals surface area contributed by atoms with Crippen LogP contribution in [0, 0.1) is 5.41 Å². The number of nitrogens with one attached hydrogen (secondary N) is 1. The summed E-state index contributed by atoms with van der Waals surface area (Å²) < 4.78 is 20.3. The number of carbonyl (C=O) groups is 3. The zero-order valence-corrected chi connectivity index (χ0v) is 35.2. The van der Waals surface area contributed by atoms with Gasteiger partial charge in [-0.05, 0) is 47.6 Å². The Morgan fingerprint density at radius 2 is 1.60 bits per heavy atom. The van der Waals surface area contributed by atoms with E-state index < -0.39 is 65.5 Å². The minimum atomic E-state index is -1.46. The summed E-state index contributed by atoms with van der Waals surface area (Å²) in [5.41, 5.74) is 2.06. The highest BCUT2D eigenvalue weighted by atomic mass is 16.8. The zero-order valence-electron chi connectivity index (χ0n) is 35.2. The van der Waals surface area contributed by atoms with E-state index in [-0.39, 0.29) is 38.3 Å². The lowest BCUT2D eigenvalue weighted by atomic mass is 9.62. The van der Waals surface area contributed by atoms with Gasteiger partial charge in [-0.15, -0.1) is 0 Å². The number of aliphatic hydroxyl groups is 1. The smallest absolute Gasteiger partial charge is 0.327 e. The van der Waals surface area contributed by atoms with Crippen molar-refractivity contribution < 1.29 is 43.6 Å². The lowest BCUT2D eigenvalue weighted by Crippen LogP contribution is -2.70. The molecule has 1 saturated carbocycles. The van der Waals surface area contributed by atoms with Crippen molar-refractivity contribution in [3.63, 3.8) is 0 Å².